The number of nitrogens with one attached hydrogen (secondary N) is 2. The summed E-state index contributed by atoms with van der Waals surface area (Å²) in [7, 11) is 1.69. The van der Waals surface area contributed by atoms with Gasteiger partial charge in [-0.1, -0.05) is 42.8 Å². The maximum Gasteiger partial charge on any atom is 0.293 e. The molecule has 1 fully saturated rings. The van der Waals surface area contributed by atoms with Crippen LogP contribution in [-0.4, -0.2) is 81.0 Å². The van der Waals surface area contributed by atoms with Crippen molar-refractivity contribution in [3.05, 3.63) is 98.4 Å². The summed E-state index contributed by atoms with van der Waals surface area (Å²) in [6, 6.07) is 17.0. The number of anilines is 1. The maximum absolute atomic E-state index is 13.4. The summed E-state index contributed by atoms with van der Waals surface area (Å²) >= 11 is 0. The number of methoxy groups -OCH3 is 1. The van der Waals surface area contributed by atoms with Crippen molar-refractivity contribution in [2.75, 3.05) is 64.9 Å². The van der Waals surface area contributed by atoms with Gasteiger partial charge in [-0.25, -0.2) is 0 Å². The molecule has 0 saturated carbocycles. The number of allylic oxidation sites excluding steroid dienone is 2. The molecular weight excluding hydrogens is 624 g/mol. The lowest BCUT2D eigenvalue weighted by Crippen LogP contribution is -2.36. The number of fused-ring (bicyclic) bond motifs is 1. The second-order valence-electron chi connectivity index (χ2n) is 12.4. The van der Waals surface area contributed by atoms with Gasteiger partial charge in [0.25, 0.3) is 5.69 Å². The number of rotatable bonds is 17. The van der Waals surface area contributed by atoms with Gasteiger partial charge in [0.1, 0.15) is 22.8 Å². The van der Waals surface area contributed by atoms with Crippen LogP contribution in [0.25, 0.3) is 11.1 Å². The fourth-order valence-corrected chi connectivity index (χ4v) is 6.26. The van der Waals surface area contributed by atoms with Crippen LogP contribution in [0.3, 0.4) is 0 Å². The highest BCUT2D eigenvalue weighted by Gasteiger charge is 2.34. The fourth-order valence-electron chi connectivity index (χ4n) is 6.26. The number of nitro groups is 1. The predicted molar refractivity (Wildman–Crippen MR) is 190 cm³/mol. The van der Waals surface area contributed by atoms with Gasteiger partial charge >= 0.3 is 0 Å². The molecule has 0 spiro atoms. The van der Waals surface area contributed by atoms with Crippen LogP contribution in [0.2, 0.25) is 0 Å². The van der Waals surface area contributed by atoms with Gasteiger partial charge in [-0.05, 0) is 74.0 Å². The van der Waals surface area contributed by atoms with Crippen LogP contribution in [0, 0.1) is 10.1 Å². The van der Waals surface area contributed by atoms with Gasteiger partial charge in [0.05, 0.1) is 25.2 Å². The number of aryl methyl sites for hydroxylation is 1. The number of morpholine rings is 1. The molecule has 0 aromatic heterocycles. The molecule has 1 aliphatic heterocycles. The number of hydrogen-bond acceptors (Lipinski definition) is 11. The average molecular weight is 671 g/mol. The first-order chi connectivity index (χ1) is 23.8. The Morgan fingerprint density at radius 1 is 0.857 bits per heavy atom. The molecule has 2 aliphatic rings. The van der Waals surface area contributed by atoms with Crippen molar-refractivity contribution in [3.63, 3.8) is 0 Å². The normalized spacial score (nSPS) is 14.9. The first-order valence-electron chi connectivity index (χ1n) is 17.0. The van der Waals surface area contributed by atoms with Crippen molar-refractivity contribution in [2.24, 2.45) is 11.5 Å². The summed E-state index contributed by atoms with van der Waals surface area (Å²) in [4.78, 5) is 40.4. The van der Waals surface area contributed by atoms with E-state index in [-0.39, 0.29) is 33.9 Å². The molecule has 6 N–H and O–H groups in total. The summed E-state index contributed by atoms with van der Waals surface area (Å²) in [5.41, 5.74) is 15.7. The number of Topliss-reactive ketones (excluding diaryl/α,β-unsaturated/α-hetero) is 2. The predicted octanol–water partition coefficient (Wildman–Crippen LogP) is 4.46. The molecule has 3 aromatic rings. The summed E-state index contributed by atoms with van der Waals surface area (Å²) < 4.78 is 11.2. The van der Waals surface area contributed by atoms with E-state index in [1.54, 1.807) is 7.11 Å². The number of ketones is 2. The molecule has 0 amide bonds. The van der Waals surface area contributed by atoms with Gasteiger partial charge in [0, 0.05) is 48.9 Å². The SMILES string of the molecule is COc1cc(CCCN2CCOCC2)ccc1-c1ccc(CCNC2=C(N)C(=O)c3cc(NCCCCCN)c([N+](=O)[O-])cc3C2=O)cc1. The zero-order valence-corrected chi connectivity index (χ0v) is 28.1. The second kappa shape index (κ2) is 17.0. The van der Waals surface area contributed by atoms with Gasteiger partial charge in [0.15, 0.2) is 0 Å². The lowest BCUT2D eigenvalue weighted by Gasteiger charge is -2.26. The van der Waals surface area contributed by atoms with E-state index >= 15 is 0 Å². The van der Waals surface area contributed by atoms with Crippen LogP contribution in [-0.2, 0) is 17.6 Å². The lowest BCUT2D eigenvalue weighted by atomic mass is 9.89. The zero-order chi connectivity index (χ0) is 34.8. The third kappa shape index (κ3) is 8.83. The highest BCUT2D eigenvalue weighted by atomic mass is 16.6. The highest BCUT2D eigenvalue weighted by molar-refractivity contribution is 6.27. The van der Waals surface area contributed by atoms with Gasteiger partial charge in [-0.3, -0.25) is 24.6 Å². The van der Waals surface area contributed by atoms with Crippen molar-refractivity contribution in [2.45, 2.75) is 38.5 Å². The van der Waals surface area contributed by atoms with E-state index < -0.39 is 16.5 Å². The van der Waals surface area contributed by atoms with E-state index in [4.69, 9.17) is 20.9 Å². The number of unbranched alkanes of at least 4 members (excludes halogenated alkanes) is 2. The Balaban J connectivity index is 1.19. The van der Waals surface area contributed by atoms with Crippen LogP contribution in [0.4, 0.5) is 11.4 Å². The van der Waals surface area contributed by atoms with Gasteiger partial charge in [-0.15, -0.1) is 0 Å². The van der Waals surface area contributed by atoms with Crippen LogP contribution in [0.15, 0.2) is 66.0 Å². The van der Waals surface area contributed by atoms with Gasteiger partial charge in [0.2, 0.25) is 11.6 Å². The molecule has 1 aliphatic carbocycles. The van der Waals surface area contributed by atoms with E-state index in [1.165, 1.54) is 11.6 Å². The van der Waals surface area contributed by atoms with E-state index in [9.17, 15) is 19.7 Å². The molecule has 260 valence electrons. The molecule has 12 nitrogen and oxygen atoms in total. The molecule has 0 radical (unpaired) electrons. The minimum Gasteiger partial charge on any atom is -0.496 e. The fraction of sp³-hybridized carbons (Fsp3) is 0.405. The number of hydrogen-bond donors (Lipinski definition) is 4. The number of carbonyl (C=O) groups excluding carboxylic acids is 2. The van der Waals surface area contributed by atoms with Gasteiger partial charge in [-0.2, -0.15) is 0 Å². The van der Waals surface area contributed by atoms with Crippen LogP contribution in [0.5, 0.6) is 5.75 Å². The number of nitro benzene ring substituents is 1. The molecule has 3 aromatic carbocycles. The number of benzene rings is 3. The standard InChI is InChI=1S/C37H46N6O6/c1-48-33-22-26(6-5-17-42-18-20-49-21-19-42)9-12-28(33)27-10-7-25(8-11-27)13-16-41-35-34(39)36(44)29-23-31(40-15-4-2-3-14-38)32(43(46)47)24-30(29)37(35)45/h7-12,22-24,40-41H,2-6,13-21,38-39H2,1H3. The number of ether oxygens (including phenoxy) is 2. The first-order valence-corrected chi connectivity index (χ1v) is 17.0. The smallest absolute Gasteiger partial charge is 0.293 e. The van der Waals surface area contributed by atoms with Crippen molar-refractivity contribution >= 4 is 22.9 Å². The average Bonchev–Trinajstić information content (AvgIpc) is 3.12. The van der Waals surface area contributed by atoms with E-state index in [0.717, 1.165) is 93.5 Å². The Morgan fingerprint density at radius 3 is 2.31 bits per heavy atom. The first kappa shape index (κ1) is 35.5. The molecule has 5 rings (SSSR count). The Bertz CT molecular complexity index is 1680. The third-order valence-electron chi connectivity index (χ3n) is 9.05. The molecule has 0 bridgehead atoms. The molecular formula is C37H46N6O6. The molecule has 49 heavy (non-hydrogen) atoms. The van der Waals surface area contributed by atoms with Crippen molar-refractivity contribution in [1.82, 2.24) is 10.2 Å². The van der Waals surface area contributed by atoms with E-state index in [1.807, 2.05) is 24.3 Å². The molecule has 1 heterocycles. The quantitative estimate of drug-likeness (QED) is 0.0907. The van der Waals surface area contributed by atoms with Crippen LogP contribution in [0.1, 0.15) is 57.5 Å². The Hall–Kier alpha value is -4.78. The third-order valence-corrected chi connectivity index (χ3v) is 9.05. The summed E-state index contributed by atoms with van der Waals surface area (Å²) in [5, 5.41) is 17.9. The van der Waals surface area contributed by atoms with Crippen LogP contribution >= 0.6 is 0 Å². The highest BCUT2D eigenvalue weighted by Crippen LogP contribution is 2.34. The second-order valence-corrected chi connectivity index (χ2v) is 12.4. The molecule has 0 atom stereocenters. The Labute approximate surface area is 287 Å². The number of carbonyl (C=O) groups is 2. The Morgan fingerprint density at radius 2 is 1.59 bits per heavy atom. The lowest BCUT2D eigenvalue weighted by molar-refractivity contribution is -0.384. The largest absolute Gasteiger partial charge is 0.496 e. The molecule has 0 unspecified atom stereocenters. The monoisotopic (exact) mass is 670 g/mol. The summed E-state index contributed by atoms with van der Waals surface area (Å²) in [6.07, 6.45) is 5.09. The molecule has 12 heteroatoms. The minimum atomic E-state index is -0.559. The maximum atomic E-state index is 13.4. The van der Waals surface area contributed by atoms with Crippen molar-refractivity contribution in [3.8, 4) is 16.9 Å². The topological polar surface area (TPSA) is 175 Å². The number of nitrogens with two attached hydrogens (primary N) is 2. The summed E-state index contributed by atoms with van der Waals surface area (Å²) in [5.74, 6) is -0.261. The Kier molecular flexibility index (Phi) is 12.4. The van der Waals surface area contributed by atoms with Crippen molar-refractivity contribution in [1.29, 1.82) is 0 Å². The van der Waals surface area contributed by atoms with E-state index in [0.29, 0.717) is 26.1 Å². The van der Waals surface area contributed by atoms with Crippen LogP contribution < -0.4 is 26.8 Å². The van der Waals surface area contributed by atoms with E-state index in [2.05, 4.69) is 33.7 Å². The molecule has 1 saturated heterocycles. The minimum absolute atomic E-state index is 0.0384. The zero-order valence-electron chi connectivity index (χ0n) is 28.1. The summed E-state index contributed by atoms with van der Waals surface area (Å²) in [6.45, 7) is 6.04. The number of nitrogens with zero attached hydrogens (tertiary/aromatic N) is 2. The van der Waals surface area contributed by atoms with Crippen molar-refractivity contribution < 1.29 is 24.0 Å². The van der Waals surface area contributed by atoms with Gasteiger partial charge < -0.3 is 31.6 Å².